The van der Waals surface area contributed by atoms with E-state index in [-0.39, 0.29) is 11.9 Å². The minimum atomic E-state index is -0.329. The standard InChI is InChI=1S/C16H23ClN6OS/c1-5-10(2)11(3)14(18-7-13-8-19-15(17)25-13)22-16(24)21-12-6-20-23(4)9-12/h6,8-11H,5,7H2,1-4H3,(H2,18,21,22,24)/t10-,11?/m1/s1. The van der Waals surface area contributed by atoms with Gasteiger partial charge in [-0.25, -0.2) is 9.78 Å². The van der Waals surface area contributed by atoms with E-state index >= 15 is 0 Å². The van der Waals surface area contributed by atoms with Gasteiger partial charge in [-0.2, -0.15) is 5.10 Å². The van der Waals surface area contributed by atoms with Crippen molar-refractivity contribution in [3.05, 3.63) is 27.9 Å². The highest BCUT2D eigenvalue weighted by Crippen LogP contribution is 2.20. The topological polar surface area (TPSA) is 84.2 Å². The highest BCUT2D eigenvalue weighted by Gasteiger charge is 2.19. The van der Waals surface area contributed by atoms with Gasteiger partial charge in [-0.05, 0) is 5.92 Å². The number of anilines is 1. The van der Waals surface area contributed by atoms with Gasteiger partial charge in [0.25, 0.3) is 0 Å². The van der Waals surface area contributed by atoms with E-state index in [4.69, 9.17) is 11.6 Å². The Bertz CT molecular complexity index is 741. The van der Waals surface area contributed by atoms with Gasteiger partial charge in [0.15, 0.2) is 4.47 Å². The van der Waals surface area contributed by atoms with Crippen LogP contribution in [0.1, 0.15) is 32.1 Å². The molecule has 1 unspecified atom stereocenters. The summed E-state index contributed by atoms with van der Waals surface area (Å²) in [5.74, 6) is 1.16. The van der Waals surface area contributed by atoms with E-state index in [1.54, 1.807) is 30.3 Å². The van der Waals surface area contributed by atoms with Crippen LogP contribution in [-0.2, 0) is 13.6 Å². The molecule has 0 aliphatic rings. The van der Waals surface area contributed by atoms with Crippen LogP contribution in [0.5, 0.6) is 0 Å². The van der Waals surface area contributed by atoms with Crippen molar-refractivity contribution in [1.82, 2.24) is 20.1 Å². The highest BCUT2D eigenvalue weighted by molar-refractivity contribution is 7.15. The number of urea groups is 1. The Kier molecular flexibility index (Phi) is 6.95. The first-order chi connectivity index (χ1) is 11.9. The Morgan fingerprint density at radius 3 is 2.76 bits per heavy atom. The van der Waals surface area contributed by atoms with Crippen LogP contribution in [0.2, 0.25) is 4.47 Å². The number of thiazole rings is 1. The molecule has 25 heavy (non-hydrogen) atoms. The molecule has 136 valence electrons. The first kappa shape index (κ1) is 19.4. The van der Waals surface area contributed by atoms with Crippen LogP contribution in [0.3, 0.4) is 0 Å². The van der Waals surface area contributed by atoms with Crippen molar-refractivity contribution in [3.8, 4) is 0 Å². The molecule has 0 spiro atoms. The first-order valence-electron chi connectivity index (χ1n) is 8.10. The monoisotopic (exact) mass is 382 g/mol. The van der Waals surface area contributed by atoms with Crippen LogP contribution >= 0.6 is 22.9 Å². The van der Waals surface area contributed by atoms with Crippen molar-refractivity contribution in [2.24, 2.45) is 23.9 Å². The van der Waals surface area contributed by atoms with Gasteiger partial charge in [0, 0.05) is 30.2 Å². The molecule has 7 nitrogen and oxygen atoms in total. The molecule has 0 aliphatic carbocycles. The van der Waals surface area contributed by atoms with Crippen molar-refractivity contribution in [1.29, 1.82) is 0 Å². The molecular formula is C16H23ClN6OS. The van der Waals surface area contributed by atoms with Crippen molar-refractivity contribution in [3.63, 3.8) is 0 Å². The van der Waals surface area contributed by atoms with Gasteiger partial charge in [0.05, 0.1) is 18.4 Å². The zero-order valence-corrected chi connectivity index (χ0v) is 16.4. The Morgan fingerprint density at radius 1 is 1.44 bits per heavy atom. The lowest BCUT2D eigenvalue weighted by atomic mass is 9.92. The molecule has 0 saturated heterocycles. The molecule has 2 aromatic heterocycles. The smallest absolute Gasteiger partial charge is 0.305 e. The van der Waals surface area contributed by atoms with Crippen LogP contribution in [0.4, 0.5) is 10.5 Å². The molecule has 0 bridgehead atoms. The van der Waals surface area contributed by atoms with Gasteiger partial charge in [0.1, 0.15) is 5.84 Å². The number of amides is 2. The van der Waals surface area contributed by atoms with Crippen molar-refractivity contribution in [2.45, 2.75) is 33.7 Å². The Hall–Kier alpha value is -1.93. The third-order valence-corrected chi connectivity index (χ3v) is 5.16. The van der Waals surface area contributed by atoms with Crippen LogP contribution in [0, 0.1) is 11.8 Å². The fraction of sp³-hybridized carbons (Fsp3) is 0.500. The maximum atomic E-state index is 12.3. The number of carbonyl (C=O) groups excluding carboxylic acids is 1. The first-order valence-corrected chi connectivity index (χ1v) is 9.29. The fourth-order valence-corrected chi connectivity index (χ4v) is 3.11. The number of aromatic nitrogens is 3. The molecule has 0 radical (unpaired) electrons. The average Bonchev–Trinajstić information content (AvgIpc) is 3.18. The maximum Gasteiger partial charge on any atom is 0.324 e. The number of nitrogens with one attached hydrogen (secondary N) is 2. The van der Waals surface area contributed by atoms with Gasteiger partial charge in [-0.3, -0.25) is 15.0 Å². The van der Waals surface area contributed by atoms with Crippen molar-refractivity contribution in [2.75, 3.05) is 5.32 Å². The predicted molar refractivity (Wildman–Crippen MR) is 102 cm³/mol. The quantitative estimate of drug-likeness (QED) is 0.586. The predicted octanol–water partition coefficient (Wildman–Crippen LogP) is 3.93. The van der Waals surface area contributed by atoms with E-state index in [1.165, 1.54) is 11.3 Å². The molecule has 0 aliphatic heterocycles. The minimum absolute atomic E-state index is 0.119. The zero-order valence-electron chi connectivity index (χ0n) is 14.8. The van der Waals surface area contributed by atoms with E-state index < -0.39 is 0 Å². The number of nitrogens with zero attached hydrogens (tertiary/aromatic N) is 4. The summed E-state index contributed by atoms with van der Waals surface area (Å²) in [4.78, 5) is 21.9. The maximum absolute atomic E-state index is 12.3. The number of halogens is 1. The molecular weight excluding hydrogens is 360 g/mol. The summed E-state index contributed by atoms with van der Waals surface area (Å²) in [6, 6.07) is -0.329. The van der Waals surface area contributed by atoms with Crippen LogP contribution in [0.25, 0.3) is 0 Å². The molecule has 0 saturated carbocycles. The lowest BCUT2D eigenvalue weighted by Gasteiger charge is -2.21. The fourth-order valence-electron chi connectivity index (χ4n) is 2.20. The molecule has 9 heteroatoms. The Morgan fingerprint density at radius 2 is 2.20 bits per heavy atom. The van der Waals surface area contributed by atoms with E-state index in [9.17, 15) is 4.79 Å². The number of hydrogen-bond acceptors (Lipinski definition) is 5. The summed E-state index contributed by atoms with van der Waals surface area (Å²) >= 11 is 7.25. The molecule has 2 amide bonds. The Balaban J connectivity index is 2.08. The molecule has 2 aromatic rings. The van der Waals surface area contributed by atoms with E-state index in [2.05, 4.69) is 46.5 Å². The van der Waals surface area contributed by atoms with Crippen LogP contribution in [-0.4, -0.2) is 26.6 Å². The largest absolute Gasteiger partial charge is 0.324 e. The van der Waals surface area contributed by atoms with Crippen molar-refractivity contribution < 1.29 is 4.79 Å². The van der Waals surface area contributed by atoms with E-state index in [1.807, 2.05) is 0 Å². The average molecular weight is 383 g/mol. The van der Waals surface area contributed by atoms with E-state index in [0.717, 1.165) is 11.3 Å². The summed E-state index contributed by atoms with van der Waals surface area (Å²) < 4.78 is 2.11. The Labute approximate surface area is 156 Å². The van der Waals surface area contributed by atoms with Crippen LogP contribution in [0.15, 0.2) is 23.6 Å². The SMILES string of the molecule is CC[C@@H](C)C(C)C(=NCc1cnc(Cl)s1)NC(=O)Nc1cnn(C)c1. The number of aliphatic imine (C=N–C) groups is 1. The normalized spacial score (nSPS) is 14.2. The number of carbonyl (C=O) groups is 1. The van der Waals surface area contributed by atoms with Gasteiger partial charge >= 0.3 is 6.03 Å². The van der Waals surface area contributed by atoms with Crippen molar-refractivity contribution >= 4 is 40.5 Å². The molecule has 0 aromatic carbocycles. The molecule has 2 rings (SSSR count). The number of aryl methyl sites for hydroxylation is 1. The molecule has 2 heterocycles. The summed E-state index contributed by atoms with van der Waals surface area (Å²) in [5, 5.41) is 9.67. The van der Waals surface area contributed by atoms with Crippen LogP contribution < -0.4 is 10.6 Å². The second-order valence-corrected chi connectivity index (χ2v) is 7.63. The molecule has 0 fully saturated rings. The summed E-state index contributed by atoms with van der Waals surface area (Å²) in [5.41, 5.74) is 0.629. The molecule has 2 atom stereocenters. The molecule has 2 N–H and O–H groups in total. The number of rotatable bonds is 6. The third kappa shape index (κ3) is 5.82. The second kappa shape index (κ2) is 8.96. The second-order valence-electron chi connectivity index (χ2n) is 5.94. The number of amidine groups is 1. The van der Waals surface area contributed by atoms with Gasteiger partial charge in [-0.1, -0.05) is 38.8 Å². The van der Waals surface area contributed by atoms with Gasteiger partial charge in [0.2, 0.25) is 0 Å². The number of hydrogen-bond donors (Lipinski definition) is 2. The van der Waals surface area contributed by atoms with Gasteiger partial charge in [-0.15, -0.1) is 11.3 Å². The van der Waals surface area contributed by atoms with Gasteiger partial charge < -0.3 is 5.32 Å². The summed E-state index contributed by atoms with van der Waals surface area (Å²) in [6.45, 7) is 6.77. The highest BCUT2D eigenvalue weighted by atomic mass is 35.5. The zero-order chi connectivity index (χ0) is 18.4. The van der Waals surface area contributed by atoms with E-state index in [0.29, 0.717) is 28.5 Å². The lowest BCUT2D eigenvalue weighted by molar-refractivity contribution is 0.255. The summed E-state index contributed by atoms with van der Waals surface area (Å²) in [6.07, 6.45) is 6.03. The lowest BCUT2D eigenvalue weighted by Crippen LogP contribution is -2.39. The summed E-state index contributed by atoms with van der Waals surface area (Å²) in [7, 11) is 1.79. The minimum Gasteiger partial charge on any atom is -0.305 e. The third-order valence-electron chi connectivity index (χ3n) is 4.06.